The molecule has 1 rings (SSSR count). The summed E-state index contributed by atoms with van der Waals surface area (Å²) in [6, 6.07) is 0.273. The van der Waals surface area contributed by atoms with Crippen molar-refractivity contribution in [2.24, 2.45) is 5.41 Å². The molecule has 0 aliphatic carbocycles. The average molecular weight is 214 g/mol. The molecule has 88 valence electrons. The third-order valence-corrected chi connectivity index (χ3v) is 2.48. The van der Waals surface area contributed by atoms with Crippen molar-refractivity contribution in [1.29, 1.82) is 0 Å². The molecule has 0 saturated carbocycles. The number of nitrogens with one attached hydrogen (secondary N) is 1. The summed E-state index contributed by atoms with van der Waals surface area (Å²) in [7, 11) is 1.85. The fourth-order valence-electron chi connectivity index (χ4n) is 1.72. The number of amides is 1. The lowest BCUT2D eigenvalue weighted by Gasteiger charge is -2.31. The first-order valence-electron chi connectivity index (χ1n) is 5.48. The first-order valence-corrected chi connectivity index (χ1v) is 5.48. The summed E-state index contributed by atoms with van der Waals surface area (Å²) < 4.78 is 5.35. The lowest BCUT2D eigenvalue weighted by atomic mass is 9.95. The molecule has 4 nitrogen and oxygen atoms in total. The fourth-order valence-corrected chi connectivity index (χ4v) is 1.72. The first-order chi connectivity index (χ1) is 6.91. The van der Waals surface area contributed by atoms with E-state index in [1.165, 1.54) is 0 Å². The summed E-state index contributed by atoms with van der Waals surface area (Å²) in [6.07, 6.45) is 0. The number of carbonyl (C=O) groups excluding carboxylic acids is 1. The second-order valence-corrected chi connectivity index (χ2v) is 5.16. The predicted molar refractivity (Wildman–Crippen MR) is 59.7 cm³/mol. The molecule has 0 aromatic rings. The highest BCUT2D eigenvalue weighted by molar-refractivity contribution is 5.81. The average Bonchev–Trinajstić information content (AvgIpc) is 2.16. The molecule has 1 fully saturated rings. The molecule has 1 aliphatic rings. The van der Waals surface area contributed by atoms with Crippen molar-refractivity contribution < 1.29 is 9.53 Å². The minimum Gasteiger partial charge on any atom is -0.378 e. The van der Waals surface area contributed by atoms with Gasteiger partial charge >= 0.3 is 0 Å². The van der Waals surface area contributed by atoms with Crippen LogP contribution in [0.5, 0.6) is 0 Å². The van der Waals surface area contributed by atoms with Gasteiger partial charge in [0.2, 0.25) is 5.91 Å². The zero-order valence-electron chi connectivity index (χ0n) is 10.2. The van der Waals surface area contributed by atoms with Crippen LogP contribution < -0.4 is 5.32 Å². The zero-order chi connectivity index (χ0) is 11.5. The molecular weight excluding hydrogens is 192 g/mol. The molecule has 1 heterocycles. The molecule has 1 N–H and O–H groups in total. The molecule has 4 heteroatoms. The highest BCUT2D eigenvalue weighted by atomic mass is 16.5. The molecule has 1 unspecified atom stereocenters. The Bertz CT molecular complexity index is 217. The quantitative estimate of drug-likeness (QED) is 0.727. The molecule has 1 aliphatic heterocycles. The molecule has 0 spiro atoms. The Labute approximate surface area is 92.0 Å². The van der Waals surface area contributed by atoms with Crippen molar-refractivity contribution in [1.82, 2.24) is 10.2 Å². The molecular formula is C11H22N2O2. The lowest BCUT2D eigenvalue weighted by molar-refractivity contribution is -0.138. The topological polar surface area (TPSA) is 41.6 Å². The van der Waals surface area contributed by atoms with Gasteiger partial charge in [0.15, 0.2) is 0 Å². The Morgan fingerprint density at radius 3 is 2.67 bits per heavy atom. The van der Waals surface area contributed by atoms with E-state index in [2.05, 4.69) is 5.32 Å². The Morgan fingerprint density at radius 2 is 2.20 bits per heavy atom. The van der Waals surface area contributed by atoms with E-state index in [1.807, 2.05) is 27.8 Å². The Kier molecular flexibility index (Phi) is 4.11. The van der Waals surface area contributed by atoms with Gasteiger partial charge in [0.05, 0.1) is 13.2 Å². The number of morpholine rings is 1. The van der Waals surface area contributed by atoms with Crippen LogP contribution in [-0.2, 0) is 9.53 Å². The zero-order valence-corrected chi connectivity index (χ0v) is 10.2. The summed E-state index contributed by atoms with van der Waals surface area (Å²) in [5, 5.41) is 3.34. The van der Waals surface area contributed by atoms with Gasteiger partial charge in [-0.3, -0.25) is 4.79 Å². The van der Waals surface area contributed by atoms with Gasteiger partial charge in [0.1, 0.15) is 0 Å². The Hall–Kier alpha value is -0.610. The van der Waals surface area contributed by atoms with Gasteiger partial charge in [-0.05, 0) is 0 Å². The van der Waals surface area contributed by atoms with Crippen molar-refractivity contribution in [2.75, 3.05) is 33.4 Å². The standard InChI is InChI=1S/C11H22N2O2/c1-11(2,3)10(14)13(4)7-9-8-15-6-5-12-9/h9,12H,5-8H2,1-4H3. The van der Waals surface area contributed by atoms with Crippen LogP contribution >= 0.6 is 0 Å². The van der Waals surface area contributed by atoms with Gasteiger partial charge in [-0.15, -0.1) is 0 Å². The van der Waals surface area contributed by atoms with Gasteiger partial charge in [-0.2, -0.15) is 0 Å². The van der Waals surface area contributed by atoms with Gasteiger partial charge in [0, 0.05) is 31.6 Å². The first kappa shape index (κ1) is 12.5. The fraction of sp³-hybridized carbons (Fsp3) is 0.909. The van der Waals surface area contributed by atoms with Crippen LogP contribution in [0.3, 0.4) is 0 Å². The number of hydrogen-bond acceptors (Lipinski definition) is 3. The number of carbonyl (C=O) groups is 1. The van der Waals surface area contributed by atoms with E-state index in [0.29, 0.717) is 6.61 Å². The van der Waals surface area contributed by atoms with Crippen LogP contribution in [0.1, 0.15) is 20.8 Å². The summed E-state index contributed by atoms with van der Waals surface area (Å²) in [5.74, 6) is 0.176. The van der Waals surface area contributed by atoms with Gasteiger partial charge in [-0.1, -0.05) is 20.8 Å². The maximum absolute atomic E-state index is 11.9. The van der Waals surface area contributed by atoms with E-state index in [4.69, 9.17) is 4.74 Å². The maximum atomic E-state index is 11.9. The number of ether oxygens (including phenoxy) is 1. The van der Waals surface area contributed by atoms with Crippen LogP contribution in [0.25, 0.3) is 0 Å². The van der Waals surface area contributed by atoms with E-state index in [-0.39, 0.29) is 17.4 Å². The Morgan fingerprint density at radius 1 is 1.53 bits per heavy atom. The van der Waals surface area contributed by atoms with E-state index in [0.717, 1.165) is 19.7 Å². The monoisotopic (exact) mass is 214 g/mol. The molecule has 1 atom stereocenters. The van der Waals surface area contributed by atoms with Crippen molar-refractivity contribution in [3.05, 3.63) is 0 Å². The lowest BCUT2D eigenvalue weighted by Crippen LogP contribution is -2.50. The summed E-state index contributed by atoms with van der Waals surface area (Å²) in [6.45, 7) is 8.89. The van der Waals surface area contributed by atoms with Gasteiger partial charge in [-0.25, -0.2) is 0 Å². The van der Waals surface area contributed by atoms with Crippen LogP contribution in [0, 0.1) is 5.41 Å². The van der Waals surface area contributed by atoms with Crippen molar-refractivity contribution in [2.45, 2.75) is 26.8 Å². The highest BCUT2D eigenvalue weighted by Crippen LogP contribution is 2.16. The van der Waals surface area contributed by atoms with Crippen LogP contribution in [0.4, 0.5) is 0 Å². The van der Waals surface area contributed by atoms with Crippen LogP contribution in [0.2, 0.25) is 0 Å². The second-order valence-electron chi connectivity index (χ2n) is 5.16. The smallest absolute Gasteiger partial charge is 0.227 e. The number of nitrogens with zero attached hydrogens (tertiary/aromatic N) is 1. The van der Waals surface area contributed by atoms with Crippen LogP contribution in [0.15, 0.2) is 0 Å². The van der Waals surface area contributed by atoms with Crippen molar-refractivity contribution in [3.63, 3.8) is 0 Å². The minimum absolute atomic E-state index is 0.176. The summed E-state index contributed by atoms with van der Waals surface area (Å²) >= 11 is 0. The molecule has 0 aromatic carbocycles. The highest BCUT2D eigenvalue weighted by Gasteiger charge is 2.26. The van der Waals surface area contributed by atoms with Gasteiger partial charge in [0.25, 0.3) is 0 Å². The minimum atomic E-state index is -0.301. The van der Waals surface area contributed by atoms with E-state index < -0.39 is 0 Å². The van der Waals surface area contributed by atoms with E-state index in [1.54, 1.807) is 4.90 Å². The molecule has 1 amide bonds. The second kappa shape index (κ2) is 4.94. The third-order valence-electron chi connectivity index (χ3n) is 2.48. The normalized spacial score (nSPS) is 22.5. The SMILES string of the molecule is CN(CC1COCCN1)C(=O)C(C)(C)C. The number of likely N-dealkylation sites (N-methyl/N-ethyl adjacent to an activating group) is 1. The Balaban J connectivity index is 2.40. The molecule has 0 aromatic heterocycles. The van der Waals surface area contributed by atoms with Crippen molar-refractivity contribution in [3.8, 4) is 0 Å². The van der Waals surface area contributed by atoms with Crippen LogP contribution in [-0.4, -0.2) is 50.2 Å². The van der Waals surface area contributed by atoms with E-state index in [9.17, 15) is 4.79 Å². The molecule has 15 heavy (non-hydrogen) atoms. The number of hydrogen-bond donors (Lipinski definition) is 1. The summed E-state index contributed by atoms with van der Waals surface area (Å²) in [5.41, 5.74) is -0.301. The van der Waals surface area contributed by atoms with E-state index >= 15 is 0 Å². The largest absolute Gasteiger partial charge is 0.378 e. The third kappa shape index (κ3) is 3.80. The molecule has 1 saturated heterocycles. The molecule has 0 bridgehead atoms. The predicted octanol–water partition coefficient (Wildman–Crippen LogP) is 0.479. The van der Waals surface area contributed by atoms with Crippen molar-refractivity contribution >= 4 is 5.91 Å². The van der Waals surface area contributed by atoms with Gasteiger partial charge < -0.3 is 15.0 Å². The number of rotatable bonds is 2. The summed E-state index contributed by atoms with van der Waals surface area (Å²) in [4.78, 5) is 13.7. The maximum Gasteiger partial charge on any atom is 0.227 e. The molecule has 0 radical (unpaired) electrons.